The first-order valence-electron chi connectivity index (χ1n) is 10.6. The molecule has 0 N–H and O–H groups in total. The van der Waals surface area contributed by atoms with Crippen LogP contribution in [-0.2, 0) is 19.6 Å². The van der Waals surface area contributed by atoms with Crippen LogP contribution in [0.3, 0.4) is 0 Å². The normalized spacial score (nSPS) is 18.2. The number of nitrogens with zero attached hydrogens (tertiary/aromatic N) is 5. The van der Waals surface area contributed by atoms with E-state index < -0.39 is 0 Å². The highest BCUT2D eigenvalue weighted by Crippen LogP contribution is 2.17. The van der Waals surface area contributed by atoms with Crippen LogP contribution >= 0.6 is 12.2 Å². The number of hydrogen-bond acceptors (Lipinski definition) is 6. The van der Waals surface area contributed by atoms with Crippen molar-refractivity contribution in [3.05, 3.63) is 34.9 Å². The SMILES string of the molecule is COc1ccc(OCCN2CCN(Cn3nc4n(c3=S)CCCCC4)CC2)cc1. The number of fused-ring (bicyclic) bond motifs is 1. The van der Waals surface area contributed by atoms with Gasteiger partial charge in [-0.15, -0.1) is 0 Å². The summed E-state index contributed by atoms with van der Waals surface area (Å²) in [5.74, 6) is 2.91. The second kappa shape index (κ2) is 9.73. The molecule has 3 heterocycles. The van der Waals surface area contributed by atoms with Gasteiger partial charge in [0.15, 0.2) is 4.77 Å². The molecule has 2 aromatic rings. The summed E-state index contributed by atoms with van der Waals surface area (Å²) in [7, 11) is 1.67. The molecule has 0 aliphatic carbocycles. The van der Waals surface area contributed by atoms with E-state index in [0.717, 1.165) is 68.6 Å². The largest absolute Gasteiger partial charge is 0.497 e. The Bertz CT molecular complexity index is 840. The second-order valence-electron chi connectivity index (χ2n) is 7.79. The quantitative estimate of drug-likeness (QED) is 0.646. The van der Waals surface area contributed by atoms with E-state index in [-0.39, 0.29) is 0 Å². The van der Waals surface area contributed by atoms with Gasteiger partial charge in [-0.05, 0) is 49.3 Å². The van der Waals surface area contributed by atoms with Crippen molar-refractivity contribution >= 4 is 12.2 Å². The maximum atomic E-state index is 5.86. The van der Waals surface area contributed by atoms with E-state index in [0.29, 0.717) is 6.61 Å². The van der Waals surface area contributed by atoms with E-state index in [1.807, 2.05) is 28.9 Å². The van der Waals surface area contributed by atoms with Crippen molar-refractivity contribution in [1.29, 1.82) is 0 Å². The molecule has 1 aromatic heterocycles. The minimum atomic E-state index is 0.700. The standard InChI is InChI=1S/C21H31N5O2S/c1-27-18-6-8-19(9-7-18)28-16-15-23-11-13-24(14-12-23)17-26-21(29)25-10-4-2-3-5-20(25)22-26/h6-9H,2-5,10-17H2,1H3. The fraction of sp³-hybridized carbons (Fsp3) is 0.619. The number of rotatable bonds is 7. The molecule has 8 heteroatoms. The first kappa shape index (κ1) is 20.4. The average Bonchev–Trinajstić information content (AvgIpc) is 2.91. The number of benzene rings is 1. The molecule has 0 saturated carbocycles. The van der Waals surface area contributed by atoms with Gasteiger partial charge in [0.2, 0.25) is 0 Å². The molecule has 29 heavy (non-hydrogen) atoms. The number of aryl methyl sites for hydroxylation is 1. The third-order valence-electron chi connectivity index (χ3n) is 5.82. The number of hydrogen-bond donors (Lipinski definition) is 0. The van der Waals surface area contributed by atoms with Crippen LogP contribution in [0.2, 0.25) is 0 Å². The maximum Gasteiger partial charge on any atom is 0.199 e. The van der Waals surface area contributed by atoms with Gasteiger partial charge in [0.1, 0.15) is 23.9 Å². The third-order valence-corrected chi connectivity index (χ3v) is 6.25. The molecule has 0 spiro atoms. The van der Waals surface area contributed by atoms with Crippen molar-refractivity contribution in [3.63, 3.8) is 0 Å². The van der Waals surface area contributed by atoms with E-state index in [4.69, 9.17) is 26.8 Å². The molecule has 1 fully saturated rings. The first-order valence-corrected chi connectivity index (χ1v) is 11.0. The fourth-order valence-electron chi connectivity index (χ4n) is 4.03. The van der Waals surface area contributed by atoms with E-state index in [1.165, 1.54) is 25.1 Å². The molecule has 4 rings (SSSR count). The summed E-state index contributed by atoms with van der Waals surface area (Å²) in [4.78, 5) is 4.91. The predicted octanol–water partition coefficient (Wildman–Crippen LogP) is 2.80. The Balaban J connectivity index is 1.21. The molecule has 0 radical (unpaired) electrons. The van der Waals surface area contributed by atoms with E-state index in [2.05, 4.69) is 14.4 Å². The Morgan fingerprint density at radius 1 is 0.931 bits per heavy atom. The van der Waals surface area contributed by atoms with Crippen LogP contribution in [0.25, 0.3) is 0 Å². The Morgan fingerprint density at radius 3 is 2.41 bits per heavy atom. The highest BCUT2D eigenvalue weighted by molar-refractivity contribution is 7.71. The van der Waals surface area contributed by atoms with Gasteiger partial charge in [-0.2, -0.15) is 5.10 Å². The molecule has 1 saturated heterocycles. The molecule has 7 nitrogen and oxygen atoms in total. The molecular weight excluding hydrogens is 386 g/mol. The molecule has 158 valence electrons. The van der Waals surface area contributed by atoms with Crippen LogP contribution in [0.1, 0.15) is 25.1 Å². The van der Waals surface area contributed by atoms with Gasteiger partial charge >= 0.3 is 0 Å². The minimum Gasteiger partial charge on any atom is -0.497 e. The monoisotopic (exact) mass is 417 g/mol. The van der Waals surface area contributed by atoms with Crippen molar-refractivity contribution in [2.24, 2.45) is 0 Å². The van der Waals surface area contributed by atoms with Crippen molar-refractivity contribution < 1.29 is 9.47 Å². The van der Waals surface area contributed by atoms with Crippen molar-refractivity contribution in [2.75, 3.05) is 46.4 Å². The zero-order chi connectivity index (χ0) is 20.1. The summed E-state index contributed by atoms with van der Waals surface area (Å²) in [6.07, 6.45) is 4.77. The average molecular weight is 418 g/mol. The maximum absolute atomic E-state index is 5.86. The van der Waals surface area contributed by atoms with Gasteiger partial charge in [-0.25, -0.2) is 4.68 Å². The van der Waals surface area contributed by atoms with Crippen LogP contribution < -0.4 is 9.47 Å². The van der Waals surface area contributed by atoms with Gasteiger partial charge in [-0.1, -0.05) is 6.42 Å². The Labute approximate surface area is 177 Å². The lowest BCUT2D eigenvalue weighted by molar-refractivity contribution is 0.0919. The van der Waals surface area contributed by atoms with Gasteiger partial charge < -0.3 is 14.0 Å². The second-order valence-corrected chi connectivity index (χ2v) is 8.15. The number of ether oxygens (including phenoxy) is 2. The van der Waals surface area contributed by atoms with Crippen LogP contribution in [0.5, 0.6) is 11.5 Å². The van der Waals surface area contributed by atoms with Crippen LogP contribution in [0.4, 0.5) is 0 Å². The summed E-state index contributed by atoms with van der Waals surface area (Å²) < 4.78 is 16.2. The van der Waals surface area contributed by atoms with E-state index in [1.54, 1.807) is 7.11 Å². The van der Waals surface area contributed by atoms with Crippen molar-refractivity contribution in [3.8, 4) is 11.5 Å². The fourth-order valence-corrected chi connectivity index (χ4v) is 4.32. The lowest BCUT2D eigenvalue weighted by Gasteiger charge is -2.34. The molecule has 1 aromatic carbocycles. The van der Waals surface area contributed by atoms with Crippen molar-refractivity contribution in [2.45, 2.75) is 38.9 Å². The summed E-state index contributed by atoms with van der Waals surface area (Å²) in [5, 5.41) is 4.81. The first-order chi connectivity index (χ1) is 14.2. The molecule has 2 aliphatic heterocycles. The molecule has 0 amide bonds. The van der Waals surface area contributed by atoms with Gasteiger partial charge in [0, 0.05) is 45.7 Å². The van der Waals surface area contributed by atoms with Crippen LogP contribution in [-0.4, -0.2) is 70.6 Å². The third kappa shape index (κ3) is 5.18. The Morgan fingerprint density at radius 2 is 1.66 bits per heavy atom. The minimum absolute atomic E-state index is 0.700. The molecule has 0 bridgehead atoms. The number of methoxy groups -OCH3 is 1. The van der Waals surface area contributed by atoms with Gasteiger partial charge in [-0.3, -0.25) is 9.80 Å². The Kier molecular flexibility index (Phi) is 6.84. The van der Waals surface area contributed by atoms with Gasteiger partial charge in [0.25, 0.3) is 0 Å². The highest BCUT2D eigenvalue weighted by Gasteiger charge is 2.19. The summed E-state index contributed by atoms with van der Waals surface area (Å²) in [5.41, 5.74) is 0. The lowest BCUT2D eigenvalue weighted by Crippen LogP contribution is -2.47. The number of aromatic nitrogens is 3. The molecule has 0 atom stereocenters. The van der Waals surface area contributed by atoms with Crippen LogP contribution in [0.15, 0.2) is 24.3 Å². The zero-order valence-corrected chi connectivity index (χ0v) is 18.1. The van der Waals surface area contributed by atoms with E-state index >= 15 is 0 Å². The zero-order valence-electron chi connectivity index (χ0n) is 17.3. The summed E-state index contributed by atoms with van der Waals surface area (Å²) in [6, 6.07) is 7.75. The van der Waals surface area contributed by atoms with Gasteiger partial charge in [0.05, 0.1) is 13.8 Å². The molecule has 2 aliphatic rings. The molecule has 0 unspecified atom stereocenters. The Hall–Kier alpha value is -1.90. The highest BCUT2D eigenvalue weighted by atomic mass is 32.1. The van der Waals surface area contributed by atoms with E-state index in [9.17, 15) is 0 Å². The molecular formula is C21H31N5O2S. The number of piperazine rings is 1. The summed E-state index contributed by atoms with van der Waals surface area (Å²) >= 11 is 5.69. The van der Waals surface area contributed by atoms with Crippen LogP contribution in [0, 0.1) is 4.77 Å². The topological polar surface area (TPSA) is 47.7 Å². The lowest BCUT2D eigenvalue weighted by atomic mass is 10.2. The smallest absolute Gasteiger partial charge is 0.199 e. The van der Waals surface area contributed by atoms with Crippen molar-refractivity contribution in [1.82, 2.24) is 24.1 Å². The summed E-state index contributed by atoms with van der Waals surface area (Å²) in [6.45, 7) is 7.63. The predicted molar refractivity (Wildman–Crippen MR) is 115 cm³/mol.